The van der Waals surface area contributed by atoms with Crippen LogP contribution in [0.2, 0.25) is 0 Å². The van der Waals surface area contributed by atoms with Gasteiger partial charge >= 0.3 is 5.97 Å². The number of carbonyl (C=O) groups is 2. The van der Waals surface area contributed by atoms with Crippen LogP contribution in [0.5, 0.6) is 5.75 Å². The second-order valence-corrected chi connectivity index (χ2v) is 6.45. The predicted octanol–water partition coefficient (Wildman–Crippen LogP) is -0.213. The lowest BCUT2D eigenvalue weighted by atomic mass is 10.1. The zero-order valence-electron chi connectivity index (χ0n) is 11.1. The van der Waals surface area contributed by atoms with Gasteiger partial charge in [0.2, 0.25) is 15.9 Å². The number of amides is 1. The Morgan fingerprint density at radius 3 is 2.62 bits per heavy atom. The number of aromatic carboxylic acids is 1. The zero-order chi connectivity index (χ0) is 15.8. The highest BCUT2D eigenvalue weighted by Crippen LogP contribution is 2.30. The van der Waals surface area contributed by atoms with E-state index in [0.717, 1.165) is 4.90 Å². The molecule has 9 heteroatoms. The molecule has 114 valence electrons. The summed E-state index contributed by atoms with van der Waals surface area (Å²) in [6.07, 6.45) is -0.260. The van der Waals surface area contributed by atoms with Crippen molar-refractivity contribution in [3.05, 3.63) is 23.8 Å². The number of rotatable bonds is 4. The molecule has 8 nitrogen and oxygen atoms in total. The van der Waals surface area contributed by atoms with Gasteiger partial charge in [0, 0.05) is 13.0 Å². The Morgan fingerprint density at radius 1 is 1.48 bits per heavy atom. The number of sulfonamides is 1. The van der Waals surface area contributed by atoms with Gasteiger partial charge in [0.1, 0.15) is 11.0 Å². The Labute approximate surface area is 121 Å². The maximum Gasteiger partial charge on any atom is 0.337 e. The number of carboxylic acids is 1. The molecule has 1 aliphatic rings. The van der Waals surface area contributed by atoms with Gasteiger partial charge < -0.3 is 14.7 Å². The van der Waals surface area contributed by atoms with Crippen LogP contribution in [0.3, 0.4) is 0 Å². The first-order valence-corrected chi connectivity index (χ1v) is 7.58. The smallest absolute Gasteiger partial charge is 0.337 e. The molecule has 1 fully saturated rings. The quantitative estimate of drug-likeness (QED) is 0.791. The highest BCUT2D eigenvalue weighted by atomic mass is 32.2. The topological polar surface area (TPSA) is 127 Å². The number of primary sulfonamides is 1. The standard InChI is InChI=1S/C12H14N2O6S/c1-20-7-2-3-10(9(4-7)12(16)17)14-6-8(5-11(14)15)21(13,18)19/h2-4,8H,5-6H2,1H3,(H,16,17)(H2,13,18,19). The lowest BCUT2D eigenvalue weighted by Crippen LogP contribution is -2.32. The molecule has 0 radical (unpaired) electrons. The first kappa shape index (κ1) is 15.3. The van der Waals surface area contributed by atoms with Crippen molar-refractivity contribution in [1.82, 2.24) is 0 Å². The molecule has 2 rings (SSSR count). The molecule has 0 aromatic heterocycles. The lowest BCUT2D eigenvalue weighted by Gasteiger charge is -2.19. The van der Waals surface area contributed by atoms with Gasteiger partial charge in [0.15, 0.2) is 0 Å². The molecule has 1 aromatic carbocycles. The molecule has 0 saturated carbocycles. The fourth-order valence-corrected chi connectivity index (χ4v) is 2.91. The molecular formula is C12H14N2O6S. The molecule has 1 atom stereocenters. The van der Waals surface area contributed by atoms with Crippen molar-refractivity contribution in [3.63, 3.8) is 0 Å². The second kappa shape index (κ2) is 5.34. The first-order valence-electron chi connectivity index (χ1n) is 5.97. The van der Waals surface area contributed by atoms with E-state index in [0.29, 0.717) is 5.75 Å². The average molecular weight is 314 g/mol. The van der Waals surface area contributed by atoms with Gasteiger partial charge in [0.25, 0.3) is 0 Å². The van der Waals surface area contributed by atoms with E-state index in [-0.39, 0.29) is 24.2 Å². The summed E-state index contributed by atoms with van der Waals surface area (Å²) >= 11 is 0. The summed E-state index contributed by atoms with van der Waals surface area (Å²) in [5.74, 6) is -1.40. The number of hydrogen-bond donors (Lipinski definition) is 2. The van der Waals surface area contributed by atoms with Crippen LogP contribution < -0.4 is 14.8 Å². The number of anilines is 1. The number of ether oxygens (including phenoxy) is 1. The minimum atomic E-state index is -3.86. The summed E-state index contributed by atoms with van der Waals surface area (Å²) in [6, 6.07) is 4.18. The third kappa shape index (κ3) is 2.98. The summed E-state index contributed by atoms with van der Waals surface area (Å²) in [6.45, 7) is -0.162. The monoisotopic (exact) mass is 314 g/mol. The average Bonchev–Trinajstić information content (AvgIpc) is 2.80. The fourth-order valence-electron chi connectivity index (χ4n) is 2.18. The van der Waals surface area contributed by atoms with Crippen LogP contribution >= 0.6 is 0 Å². The van der Waals surface area contributed by atoms with Crippen LogP contribution in [0.4, 0.5) is 5.69 Å². The van der Waals surface area contributed by atoms with E-state index in [2.05, 4.69) is 0 Å². The van der Waals surface area contributed by atoms with Gasteiger partial charge in [0.05, 0.1) is 18.4 Å². The van der Waals surface area contributed by atoms with E-state index >= 15 is 0 Å². The number of benzene rings is 1. The van der Waals surface area contributed by atoms with Crippen LogP contribution in [0.1, 0.15) is 16.8 Å². The molecule has 1 saturated heterocycles. The maximum absolute atomic E-state index is 11.9. The molecule has 1 heterocycles. The van der Waals surface area contributed by atoms with Crippen LogP contribution in [0, 0.1) is 0 Å². The summed E-state index contributed by atoms with van der Waals surface area (Å²) < 4.78 is 27.6. The van der Waals surface area contributed by atoms with Crippen molar-refractivity contribution in [2.75, 3.05) is 18.6 Å². The zero-order valence-corrected chi connectivity index (χ0v) is 12.0. The van der Waals surface area contributed by atoms with Crippen molar-refractivity contribution >= 4 is 27.6 Å². The largest absolute Gasteiger partial charge is 0.497 e. The van der Waals surface area contributed by atoms with Crippen molar-refractivity contribution in [1.29, 1.82) is 0 Å². The Hall–Kier alpha value is -2.13. The van der Waals surface area contributed by atoms with Gasteiger partial charge in [-0.05, 0) is 18.2 Å². The third-order valence-electron chi connectivity index (χ3n) is 3.28. The van der Waals surface area contributed by atoms with Crippen LogP contribution in [0.25, 0.3) is 0 Å². The lowest BCUT2D eigenvalue weighted by molar-refractivity contribution is -0.117. The Morgan fingerprint density at radius 2 is 2.14 bits per heavy atom. The summed E-state index contributed by atoms with van der Waals surface area (Å²) in [5.41, 5.74) is -0.0165. The molecule has 0 aliphatic carbocycles. The summed E-state index contributed by atoms with van der Waals surface area (Å²) in [7, 11) is -2.47. The van der Waals surface area contributed by atoms with E-state index in [1.54, 1.807) is 0 Å². The molecule has 1 aliphatic heterocycles. The van der Waals surface area contributed by atoms with Crippen molar-refractivity contribution in [3.8, 4) is 5.75 Å². The molecule has 1 aromatic rings. The minimum Gasteiger partial charge on any atom is -0.497 e. The number of carbonyl (C=O) groups excluding carboxylic acids is 1. The number of carboxylic acid groups (broad SMARTS) is 1. The highest BCUT2D eigenvalue weighted by molar-refractivity contribution is 7.89. The van der Waals surface area contributed by atoms with Gasteiger partial charge in [-0.2, -0.15) is 0 Å². The molecular weight excluding hydrogens is 300 g/mol. The molecule has 0 bridgehead atoms. The number of hydrogen-bond acceptors (Lipinski definition) is 5. The molecule has 0 spiro atoms. The van der Waals surface area contributed by atoms with Crippen molar-refractivity contribution in [2.24, 2.45) is 5.14 Å². The highest BCUT2D eigenvalue weighted by Gasteiger charge is 2.38. The van der Waals surface area contributed by atoms with Crippen LogP contribution in [-0.2, 0) is 14.8 Å². The van der Waals surface area contributed by atoms with E-state index < -0.39 is 27.1 Å². The SMILES string of the molecule is COc1ccc(N2CC(S(N)(=O)=O)CC2=O)c(C(=O)O)c1. The predicted molar refractivity (Wildman–Crippen MR) is 73.8 cm³/mol. The van der Waals surface area contributed by atoms with Gasteiger partial charge in [-0.15, -0.1) is 0 Å². The molecule has 3 N–H and O–H groups in total. The number of nitrogens with zero attached hydrogens (tertiary/aromatic N) is 1. The van der Waals surface area contributed by atoms with E-state index in [1.807, 2.05) is 0 Å². The Balaban J connectivity index is 2.43. The number of methoxy groups -OCH3 is 1. The van der Waals surface area contributed by atoms with Gasteiger partial charge in [-0.25, -0.2) is 18.4 Å². The third-order valence-corrected chi connectivity index (χ3v) is 4.52. The first-order chi connectivity index (χ1) is 9.74. The van der Waals surface area contributed by atoms with Crippen LogP contribution in [0.15, 0.2) is 18.2 Å². The fraction of sp³-hybridized carbons (Fsp3) is 0.333. The van der Waals surface area contributed by atoms with E-state index in [9.17, 15) is 23.1 Å². The number of nitrogens with two attached hydrogens (primary N) is 1. The van der Waals surface area contributed by atoms with E-state index in [1.165, 1.54) is 25.3 Å². The van der Waals surface area contributed by atoms with Gasteiger partial charge in [-0.1, -0.05) is 0 Å². The van der Waals surface area contributed by atoms with Gasteiger partial charge in [-0.3, -0.25) is 4.79 Å². The summed E-state index contributed by atoms with van der Waals surface area (Å²) in [4.78, 5) is 24.4. The molecule has 21 heavy (non-hydrogen) atoms. The molecule has 1 unspecified atom stereocenters. The summed E-state index contributed by atoms with van der Waals surface area (Å²) in [5, 5.41) is 13.2. The van der Waals surface area contributed by atoms with Crippen molar-refractivity contribution < 1.29 is 27.9 Å². The van der Waals surface area contributed by atoms with E-state index in [4.69, 9.17) is 9.88 Å². The van der Waals surface area contributed by atoms with Crippen LogP contribution in [-0.4, -0.2) is 44.3 Å². The Kier molecular flexibility index (Phi) is 3.88. The normalized spacial score (nSPS) is 18.9. The Bertz CT molecular complexity index is 700. The molecule has 1 amide bonds. The maximum atomic E-state index is 11.9. The van der Waals surface area contributed by atoms with Crippen molar-refractivity contribution in [2.45, 2.75) is 11.7 Å². The minimum absolute atomic E-state index is 0.124. The second-order valence-electron chi connectivity index (χ2n) is 4.61.